The molecular weight excluding hydrogens is 228 g/mol. The molecule has 1 aromatic carbocycles. The van der Waals surface area contributed by atoms with Gasteiger partial charge < -0.3 is 9.15 Å². The van der Waals surface area contributed by atoms with Gasteiger partial charge in [-0.15, -0.1) is 21.8 Å². The fourth-order valence-electron chi connectivity index (χ4n) is 1.77. The van der Waals surface area contributed by atoms with Gasteiger partial charge in [-0.1, -0.05) is 18.2 Å². The fraction of sp³-hybridized carbons (Fsp3) is 0.273. The Morgan fingerprint density at radius 1 is 1.31 bits per heavy atom. The van der Waals surface area contributed by atoms with Gasteiger partial charge in [-0.2, -0.15) is 0 Å². The number of benzene rings is 1. The summed E-state index contributed by atoms with van der Waals surface area (Å²) in [5.41, 5.74) is 1.16. The zero-order valence-electron chi connectivity index (χ0n) is 8.39. The van der Waals surface area contributed by atoms with Crippen molar-refractivity contribution in [2.45, 2.75) is 18.4 Å². The second-order valence-electron chi connectivity index (χ2n) is 3.59. The summed E-state index contributed by atoms with van der Waals surface area (Å²) >= 11 is 5.60. The molecule has 0 saturated carbocycles. The summed E-state index contributed by atoms with van der Waals surface area (Å²) in [7, 11) is 0. The Labute approximate surface area is 97.2 Å². The molecule has 0 saturated heterocycles. The van der Waals surface area contributed by atoms with Crippen molar-refractivity contribution >= 4 is 11.6 Å². The third-order valence-electron chi connectivity index (χ3n) is 2.52. The summed E-state index contributed by atoms with van der Waals surface area (Å²) in [4.78, 5) is 0. The molecule has 5 heteroatoms. The molecule has 1 aliphatic rings. The zero-order chi connectivity index (χ0) is 11.0. The fourth-order valence-corrected chi connectivity index (χ4v) is 1.88. The topological polar surface area (TPSA) is 48.2 Å². The van der Waals surface area contributed by atoms with E-state index >= 15 is 0 Å². The first kappa shape index (κ1) is 9.66. The van der Waals surface area contributed by atoms with Gasteiger partial charge in [0.25, 0.3) is 5.89 Å². The lowest BCUT2D eigenvalue weighted by atomic mass is 10.1. The number of para-hydroxylation sites is 1. The maximum Gasteiger partial charge on any atom is 0.257 e. The Hall–Kier alpha value is -1.55. The molecule has 2 heterocycles. The van der Waals surface area contributed by atoms with E-state index < -0.39 is 0 Å². The van der Waals surface area contributed by atoms with Crippen molar-refractivity contribution in [2.75, 3.05) is 0 Å². The molecule has 0 radical (unpaired) electrons. The maximum atomic E-state index is 5.71. The molecule has 0 spiro atoms. The third-order valence-corrected chi connectivity index (χ3v) is 2.75. The smallest absolute Gasteiger partial charge is 0.257 e. The number of halogens is 1. The molecule has 1 aromatic heterocycles. The van der Waals surface area contributed by atoms with Crippen molar-refractivity contribution in [1.82, 2.24) is 10.2 Å². The summed E-state index contributed by atoms with van der Waals surface area (Å²) in [6, 6.07) is 7.91. The number of fused-ring (bicyclic) bond motifs is 1. The van der Waals surface area contributed by atoms with E-state index in [2.05, 4.69) is 10.2 Å². The lowest BCUT2D eigenvalue weighted by Gasteiger charge is -2.04. The number of nitrogens with zero attached hydrogens (tertiary/aromatic N) is 2. The minimum absolute atomic E-state index is 0.179. The third kappa shape index (κ3) is 1.55. The van der Waals surface area contributed by atoms with Gasteiger partial charge >= 0.3 is 0 Å². The number of alkyl halides is 1. The van der Waals surface area contributed by atoms with Gasteiger partial charge in [0, 0.05) is 6.42 Å². The second kappa shape index (κ2) is 3.79. The number of hydrogen-bond acceptors (Lipinski definition) is 4. The molecule has 0 bridgehead atoms. The summed E-state index contributed by atoms with van der Waals surface area (Å²) in [6.45, 7) is 0. The van der Waals surface area contributed by atoms with E-state index in [1.54, 1.807) is 0 Å². The number of rotatable bonds is 2. The Morgan fingerprint density at radius 3 is 2.94 bits per heavy atom. The Balaban J connectivity index is 1.85. The molecule has 1 aliphatic heterocycles. The van der Waals surface area contributed by atoms with Crippen LogP contribution in [0, 0.1) is 0 Å². The van der Waals surface area contributed by atoms with Crippen molar-refractivity contribution in [3.05, 3.63) is 41.6 Å². The minimum atomic E-state index is -0.179. The second-order valence-corrected chi connectivity index (χ2v) is 3.85. The Kier molecular flexibility index (Phi) is 2.29. The molecule has 3 rings (SSSR count). The van der Waals surface area contributed by atoms with E-state index in [1.807, 2.05) is 24.3 Å². The highest BCUT2D eigenvalue weighted by atomic mass is 35.5. The van der Waals surface area contributed by atoms with E-state index in [4.69, 9.17) is 20.8 Å². The van der Waals surface area contributed by atoms with Gasteiger partial charge in [-0.3, -0.25) is 0 Å². The molecule has 82 valence electrons. The minimum Gasteiger partial charge on any atom is -0.480 e. The lowest BCUT2D eigenvalue weighted by Crippen LogP contribution is -2.03. The quantitative estimate of drug-likeness (QED) is 0.752. The monoisotopic (exact) mass is 236 g/mol. The number of aromatic nitrogens is 2. The first-order valence-corrected chi connectivity index (χ1v) is 5.53. The van der Waals surface area contributed by atoms with Gasteiger partial charge in [-0.25, -0.2) is 0 Å². The number of hydrogen-bond donors (Lipinski definition) is 0. The predicted molar refractivity (Wildman–Crippen MR) is 57.4 cm³/mol. The summed E-state index contributed by atoms with van der Waals surface area (Å²) in [6.07, 6.45) is 0.585. The molecule has 0 fully saturated rings. The average molecular weight is 237 g/mol. The van der Waals surface area contributed by atoms with E-state index in [9.17, 15) is 0 Å². The van der Waals surface area contributed by atoms with Gasteiger partial charge in [-0.05, 0) is 11.6 Å². The van der Waals surface area contributed by atoms with Crippen LogP contribution in [-0.4, -0.2) is 10.2 Å². The summed E-state index contributed by atoms with van der Waals surface area (Å²) in [5.74, 6) is 2.04. The zero-order valence-corrected chi connectivity index (χ0v) is 9.15. The molecular formula is C11H9ClN2O2. The first-order valence-electron chi connectivity index (χ1n) is 4.99. The molecule has 0 aliphatic carbocycles. The van der Waals surface area contributed by atoms with E-state index in [1.165, 1.54) is 0 Å². The Bertz CT molecular complexity index is 487. The molecule has 1 unspecified atom stereocenters. The van der Waals surface area contributed by atoms with Crippen molar-refractivity contribution in [3.63, 3.8) is 0 Å². The highest BCUT2D eigenvalue weighted by Gasteiger charge is 2.28. The van der Waals surface area contributed by atoms with Gasteiger partial charge in [0.1, 0.15) is 11.6 Å². The SMILES string of the molecule is ClCc1nnc(C2Cc3ccccc3O2)o1. The molecule has 4 nitrogen and oxygen atoms in total. The maximum absolute atomic E-state index is 5.71. The number of ether oxygens (including phenoxy) is 1. The lowest BCUT2D eigenvalue weighted by molar-refractivity contribution is 0.195. The van der Waals surface area contributed by atoms with E-state index in [0.717, 1.165) is 17.7 Å². The molecule has 0 amide bonds. The Morgan fingerprint density at radius 2 is 2.19 bits per heavy atom. The summed E-state index contributed by atoms with van der Waals surface area (Å²) < 4.78 is 11.1. The van der Waals surface area contributed by atoms with Gasteiger partial charge in [0.05, 0.1) is 0 Å². The van der Waals surface area contributed by atoms with Crippen molar-refractivity contribution in [2.24, 2.45) is 0 Å². The van der Waals surface area contributed by atoms with Crippen LogP contribution in [0.5, 0.6) is 5.75 Å². The first-order chi connectivity index (χ1) is 7.86. The van der Waals surface area contributed by atoms with Crippen molar-refractivity contribution < 1.29 is 9.15 Å². The van der Waals surface area contributed by atoms with Crippen LogP contribution in [0.25, 0.3) is 0 Å². The van der Waals surface area contributed by atoms with Crippen LogP contribution in [0.15, 0.2) is 28.7 Å². The molecule has 16 heavy (non-hydrogen) atoms. The van der Waals surface area contributed by atoms with Crippen LogP contribution in [-0.2, 0) is 12.3 Å². The van der Waals surface area contributed by atoms with Crippen molar-refractivity contribution in [1.29, 1.82) is 0 Å². The van der Waals surface area contributed by atoms with Crippen LogP contribution in [0.4, 0.5) is 0 Å². The van der Waals surface area contributed by atoms with Crippen LogP contribution in [0.2, 0.25) is 0 Å². The molecule has 0 N–H and O–H groups in total. The van der Waals surface area contributed by atoms with Crippen molar-refractivity contribution in [3.8, 4) is 5.75 Å². The van der Waals surface area contributed by atoms with Gasteiger partial charge in [0.2, 0.25) is 5.89 Å². The highest BCUT2D eigenvalue weighted by Crippen LogP contribution is 2.35. The molecule has 2 aromatic rings. The summed E-state index contributed by atoms with van der Waals surface area (Å²) in [5, 5.41) is 7.74. The van der Waals surface area contributed by atoms with E-state index in [-0.39, 0.29) is 12.0 Å². The normalized spacial score (nSPS) is 18.2. The van der Waals surface area contributed by atoms with Crippen LogP contribution in [0.3, 0.4) is 0 Å². The van der Waals surface area contributed by atoms with Crippen LogP contribution < -0.4 is 4.74 Å². The van der Waals surface area contributed by atoms with Gasteiger partial charge in [0.15, 0.2) is 6.10 Å². The van der Waals surface area contributed by atoms with E-state index in [0.29, 0.717) is 11.8 Å². The standard InChI is InChI=1S/C11H9ClN2O2/c12-6-10-13-14-11(16-10)9-5-7-3-1-2-4-8(7)15-9/h1-4,9H,5-6H2. The predicted octanol–water partition coefficient (Wildman–Crippen LogP) is 2.48. The largest absolute Gasteiger partial charge is 0.480 e. The highest BCUT2D eigenvalue weighted by molar-refractivity contribution is 6.16. The average Bonchev–Trinajstić information content (AvgIpc) is 2.95. The van der Waals surface area contributed by atoms with Crippen LogP contribution >= 0.6 is 11.6 Å². The van der Waals surface area contributed by atoms with Crippen LogP contribution in [0.1, 0.15) is 23.4 Å². The molecule has 1 atom stereocenters.